The molecule has 0 radical (unpaired) electrons. The summed E-state index contributed by atoms with van der Waals surface area (Å²) in [6, 6.07) is 7.67. The van der Waals surface area contributed by atoms with Crippen LogP contribution in [0.3, 0.4) is 0 Å². The summed E-state index contributed by atoms with van der Waals surface area (Å²) in [5.74, 6) is -1.41. The molecule has 1 amide bonds. The molecule has 26 heavy (non-hydrogen) atoms. The summed E-state index contributed by atoms with van der Waals surface area (Å²) in [6.07, 6.45) is -0.355. The molecule has 0 saturated carbocycles. The third kappa shape index (κ3) is 3.59. The Morgan fingerprint density at radius 2 is 2.04 bits per heavy atom. The van der Waals surface area contributed by atoms with E-state index in [2.05, 4.69) is 20.0 Å². The lowest BCUT2D eigenvalue weighted by atomic mass is 9.95. The van der Waals surface area contributed by atoms with E-state index in [0.29, 0.717) is 22.5 Å². The molecule has 5 nitrogen and oxygen atoms in total. The smallest absolute Gasteiger partial charge is 0.426 e. The van der Waals surface area contributed by atoms with Gasteiger partial charge in [-0.1, -0.05) is 11.8 Å². The SMILES string of the molecule is O=C(NC1CC2CCC1N2)c1ccc(Sc2cnc(C(F)(F)F)o2)cc1. The zero-order valence-electron chi connectivity index (χ0n) is 13.5. The van der Waals surface area contributed by atoms with Gasteiger partial charge in [0.05, 0.1) is 6.20 Å². The van der Waals surface area contributed by atoms with Crippen molar-refractivity contribution >= 4 is 17.7 Å². The zero-order chi connectivity index (χ0) is 18.3. The van der Waals surface area contributed by atoms with Crippen LogP contribution in [0.1, 0.15) is 35.5 Å². The van der Waals surface area contributed by atoms with Crippen molar-refractivity contribution in [2.45, 2.75) is 53.6 Å². The first-order valence-electron chi connectivity index (χ1n) is 8.26. The molecule has 1 aromatic carbocycles. The Hall–Kier alpha value is -2.00. The summed E-state index contributed by atoms with van der Waals surface area (Å²) in [7, 11) is 0. The maximum atomic E-state index is 12.5. The van der Waals surface area contributed by atoms with Crippen LogP contribution >= 0.6 is 11.8 Å². The number of nitrogens with one attached hydrogen (secondary N) is 2. The third-order valence-electron chi connectivity index (χ3n) is 4.68. The van der Waals surface area contributed by atoms with Crippen LogP contribution in [0.2, 0.25) is 0 Å². The van der Waals surface area contributed by atoms with Gasteiger partial charge in [0, 0.05) is 28.6 Å². The van der Waals surface area contributed by atoms with E-state index in [0.717, 1.165) is 30.8 Å². The van der Waals surface area contributed by atoms with Crippen molar-refractivity contribution in [1.82, 2.24) is 15.6 Å². The maximum Gasteiger partial charge on any atom is 0.468 e. The van der Waals surface area contributed by atoms with Crippen LogP contribution in [0.4, 0.5) is 13.2 Å². The van der Waals surface area contributed by atoms with E-state index in [-0.39, 0.29) is 17.0 Å². The normalized spacial score (nSPS) is 24.8. The fraction of sp³-hybridized carbons (Fsp3) is 0.412. The van der Waals surface area contributed by atoms with Gasteiger partial charge in [-0.25, -0.2) is 4.98 Å². The number of halogens is 3. The number of aromatic nitrogens is 1. The summed E-state index contributed by atoms with van der Waals surface area (Å²) < 4.78 is 42.2. The second-order valence-corrected chi connectivity index (χ2v) is 7.55. The molecule has 3 unspecified atom stereocenters. The highest BCUT2D eigenvalue weighted by atomic mass is 32.2. The zero-order valence-corrected chi connectivity index (χ0v) is 14.4. The first kappa shape index (κ1) is 17.4. The van der Waals surface area contributed by atoms with Crippen molar-refractivity contribution < 1.29 is 22.4 Å². The number of carbonyl (C=O) groups excluding carboxylic acids is 1. The van der Waals surface area contributed by atoms with Crippen LogP contribution in [0.25, 0.3) is 0 Å². The molecule has 0 aliphatic carbocycles. The molecule has 3 heterocycles. The molecule has 3 atom stereocenters. The number of oxazole rings is 1. The van der Waals surface area contributed by atoms with E-state index < -0.39 is 12.1 Å². The lowest BCUT2D eigenvalue weighted by Crippen LogP contribution is -2.42. The second-order valence-electron chi connectivity index (χ2n) is 6.47. The number of amides is 1. The highest BCUT2D eigenvalue weighted by Crippen LogP contribution is 2.34. The highest BCUT2D eigenvalue weighted by molar-refractivity contribution is 7.99. The Morgan fingerprint density at radius 1 is 1.27 bits per heavy atom. The van der Waals surface area contributed by atoms with Crippen molar-refractivity contribution in [2.24, 2.45) is 0 Å². The number of alkyl halides is 3. The molecule has 9 heteroatoms. The molecule has 2 bridgehead atoms. The summed E-state index contributed by atoms with van der Waals surface area (Å²) in [5.41, 5.74) is 0.519. The summed E-state index contributed by atoms with van der Waals surface area (Å²) in [6.45, 7) is 0. The van der Waals surface area contributed by atoms with Gasteiger partial charge in [-0.3, -0.25) is 4.79 Å². The van der Waals surface area contributed by atoms with E-state index in [1.807, 2.05) is 0 Å². The number of fused-ring (bicyclic) bond motifs is 2. The topological polar surface area (TPSA) is 67.2 Å². The molecule has 0 spiro atoms. The van der Waals surface area contributed by atoms with E-state index in [1.54, 1.807) is 24.3 Å². The monoisotopic (exact) mass is 383 g/mol. The molecule has 2 fully saturated rings. The van der Waals surface area contributed by atoms with Crippen molar-refractivity contribution in [3.8, 4) is 0 Å². The lowest BCUT2D eigenvalue weighted by Gasteiger charge is -2.21. The molecule has 2 N–H and O–H groups in total. The van der Waals surface area contributed by atoms with Gasteiger partial charge in [-0.15, -0.1) is 0 Å². The molecule has 138 valence electrons. The standard InChI is InChI=1S/C17H16F3N3O2S/c18-17(19,20)16-21-8-14(25-16)26-11-4-1-9(2-5-11)15(24)23-13-7-10-3-6-12(13)22-10/h1-2,4-5,8,10,12-13,22H,3,6-7H2,(H,23,24). The van der Waals surface area contributed by atoms with Crippen LogP contribution < -0.4 is 10.6 Å². The molecule has 2 aliphatic rings. The molecule has 2 aliphatic heterocycles. The Balaban J connectivity index is 1.37. The molecule has 2 saturated heterocycles. The lowest BCUT2D eigenvalue weighted by molar-refractivity contribution is -0.158. The fourth-order valence-corrected chi connectivity index (χ4v) is 4.19. The van der Waals surface area contributed by atoms with Crippen LogP contribution in [0.5, 0.6) is 0 Å². The van der Waals surface area contributed by atoms with E-state index >= 15 is 0 Å². The van der Waals surface area contributed by atoms with E-state index in [4.69, 9.17) is 0 Å². The Morgan fingerprint density at radius 3 is 2.62 bits per heavy atom. The average Bonchev–Trinajstić information content (AvgIpc) is 3.31. The van der Waals surface area contributed by atoms with Crippen LogP contribution in [-0.4, -0.2) is 29.0 Å². The van der Waals surface area contributed by atoms with Gasteiger partial charge < -0.3 is 15.1 Å². The number of hydrogen-bond donors (Lipinski definition) is 2. The number of rotatable bonds is 4. The van der Waals surface area contributed by atoms with Gasteiger partial charge >= 0.3 is 12.1 Å². The van der Waals surface area contributed by atoms with Crippen LogP contribution in [-0.2, 0) is 6.18 Å². The van der Waals surface area contributed by atoms with Crippen LogP contribution in [0.15, 0.2) is 44.9 Å². The van der Waals surface area contributed by atoms with Gasteiger partial charge in [0.2, 0.25) is 0 Å². The fourth-order valence-electron chi connectivity index (χ4n) is 3.46. The van der Waals surface area contributed by atoms with Crippen molar-refractivity contribution in [2.75, 3.05) is 0 Å². The second kappa shape index (κ2) is 6.62. The largest absolute Gasteiger partial charge is 0.468 e. The van der Waals surface area contributed by atoms with Crippen molar-refractivity contribution in [1.29, 1.82) is 0 Å². The molecular weight excluding hydrogens is 367 g/mol. The van der Waals surface area contributed by atoms with Crippen LogP contribution in [0, 0.1) is 0 Å². The number of nitrogens with zero attached hydrogens (tertiary/aromatic N) is 1. The number of benzene rings is 1. The first-order chi connectivity index (χ1) is 12.4. The third-order valence-corrected chi connectivity index (χ3v) is 5.58. The predicted octanol–water partition coefficient (Wildman–Crippen LogP) is 3.47. The van der Waals surface area contributed by atoms with Gasteiger partial charge in [0.1, 0.15) is 0 Å². The van der Waals surface area contributed by atoms with Gasteiger partial charge in [-0.05, 0) is 43.5 Å². The molecule has 2 aromatic rings. The highest BCUT2D eigenvalue weighted by Gasteiger charge is 2.39. The number of hydrogen-bond acceptors (Lipinski definition) is 5. The van der Waals surface area contributed by atoms with Crippen molar-refractivity contribution in [3.05, 3.63) is 41.9 Å². The summed E-state index contributed by atoms with van der Waals surface area (Å²) >= 11 is 1.02. The first-order valence-corrected chi connectivity index (χ1v) is 9.08. The summed E-state index contributed by atoms with van der Waals surface area (Å²) in [5, 5.41) is 6.57. The van der Waals surface area contributed by atoms with Gasteiger partial charge in [0.15, 0.2) is 5.09 Å². The Bertz CT molecular complexity index is 806. The van der Waals surface area contributed by atoms with E-state index in [1.165, 1.54) is 6.42 Å². The Kier molecular flexibility index (Phi) is 4.44. The predicted molar refractivity (Wildman–Crippen MR) is 87.9 cm³/mol. The Labute approximate surface area is 151 Å². The molecule has 4 rings (SSSR count). The van der Waals surface area contributed by atoms with Crippen molar-refractivity contribution in [3.63, 3.8) is 0 Å². The molecular formula is C17H16F3N3O2S. The van der Waals surface area contributed by atoms with Gasteiger partial charge in [-0.2, -0.15) is 13.2 Å². The minimum atomic E-state index is -4.60. The van der Waals surface area contributed by atoms with Gasteiger partial charge in [0.25, 0.3) is 5.91 Å². The quantitative estimate of drug-likeness (QED) is 0.846. The minimum Gasteiger partial charge on any atom is -0.426 e. The maximum absolute atomic E-state index is 12.5. The number of carbonyl (C=O) groups is 1. The average molecular weight is 383 g/mol. The van der Waals surface area contributed by atoms with E-state index in [9.17, 15) is 18.0 Å². The summed E-state index contributed by atoms with van der Waals surface area (Å²) in [4.78, 5) is 16.2. The minimum absolute atomic E-state index is 0.0441. The molecule has 1 aromatic heterocycles.